The van der Waals surface area contributed by atoms with Gasteiger partial charge >= 0.3 is 0 Å². The SMILES string of the molecule is COc1cc(NC(=O)c2ccccc2)c(OC)cc1NC(=O)/C=C/c1c(F)cccc1F. The van der Waals surface area contributed by atoms with Crippen molar-refractivity contribution >= 4 is 29.3 Å². The Labute approximate surface area is 183 Å². The maximum Gasteiger partial charge on any atom is 0.255 e. The lowest BCUT2D eigenvalue weighted by molar-refractivity contribution is -0.111. The van der Waals surface area contributed by atoms with Crippen LogP contribution in [0.5, 0.6) is 11.5 Å². The van der Waals surface area contributed by atoms with Crippen molar-refractivity contribution in [2.75, 3.05) is 24.9 Å². The fourth-order valence-electron chi connectivity index (χ4n) is 2.88. The summed E-state index contributed by atoms with van der Waals surface area (Å²) < 4.78 is 38.1. The highest BCUT2D eigenvalue weighted by atomic mass is 19.1. The molecule has 0 atom stereocenters. The van der Waals surface area contributed by atoms with E-state index in [0.29, 0.717) is 11.3 Å². The molecule has 0 radical (unpaired) electrons. The van der Waals surface area contributed by atoms with Gasteiger partial charge in [-0.15, -0.1) is 0 Å². The first-order valence-corrected chi connectivity index (χ1v) is 9.48. The first kappa shape index (κ1) is 22.5. The summed E-state index contributed by atoms with van der Waals surface area (Å²) in [5, 5.41) is 5.31. The Hall–Kier alpha value is -4.20. The van der Waals surface area contributed by atoms with Crippen LogP contribution in [-0.4, -0.2) is 26.0 Å². The predicted molar refractivity (Wildman–Crippen MR) is 118 cm³/mol. The summed E-state index contributed by atoms with van der Waals surface area (Å²) in [6, 6.07) is 15.0. The van der Waals surface area contributed by atoms with Crippen LogP contribution >= 0.6 is 0 Å². The zero-order chi connectivity index (χ0) is 23.1. The van der Waals surface area contributed by atoms with Crippen LogP contribution in [0.2, 0.25) is 0 Å². The highest BCUT2D eigenvalue weighted by Crippen LogP contribution is 2.36. The number of halogens is 2. The molecule has 3 rings (SSSR count). The quantitative estimate of drug-likeness (QED) is 0.515. The first-order chi connectivity index (χ1) is 15.4. The largest absolute Gasteiger partial charge is 0.494 e. The average Bonchev–Trinajstić information content (AvgIpc) is 2.79. The van der Waals surface area contributed by atoms with E-state index in [4.69, 9.17) is 9.47 Å². The van der Waals surface area contributed by atoms with E-state index in [1.165, 1.54) is 32.4 Å². The number of hydrogen-bond acceptors (Lipinski definition) is 4. The lowest BCUT2D eigenvalue weighted by Crippen LogP contribution is -2.14. The molecule has 0 saturated heterocycles. The van der Waals surface area contributed by atoms with E-state index in [2.05, 4.69) is 10.6 Å². The summed E-state index contributed by atoms with van der Waals surface area (Å²) in [6.45, 7) is 0. The number of benzene rings is 3. The minimum atomic E-state index is -0.785. The van der Waals surface area contributed by atoms with Gasteiger partial charge in [-0.3, -0.25) is 9.59 Å². The van der Waals surface area contributed by atoms with Gasteiger partial charge in [-0.1, -0.05) is 24.3 Å². The molecule has 32 heavy (non-hydrogen) atoms. The third-order valence-corrected chi connectivity index (χ3v) is 4.46. The monoisotopic (exact) mass is 438 g/mol. The van der Waals surface area contributed by atoms with E-state index < -0.39 is 17.5 Å². The first-order valence-electron chi connectivity index (χ1n) is 9.48. The number of carbonyl (C=O) groups excluding carboxylic acids is 2. The minimum Gasteiger partial charge on any atom is -0.494 e. The van der Waals surface area contributed by atoms with Crippen LogP contribution in [0, 0.1) is 11.6 Å². The van der Waals surface area contributed by atoms with Gasteiger partial charge in [0.25, 0.3) is 5.91 Å². The van der Waals surface area contributed by atoms with E-state index in [9.17, 15) is 18.4 Å². The molecule has 0 unspecified atom stereocenters. The highest BCUT2D eigenvalue weighted by molar-refractivity contribution is 6.06. The molecule has 2 N–H and O–H groups in total. The van der Waals surface area contributed by atoms with Crippen molar-refractivity contribution < 1.29 is 27.8 Å². The van der Waals surface area contributed by atoms with E-state index in [1.807, 2.05) is 0 Å². The minimum absolute atomic E-state index is 0.241. The Bertz CT molecular complexity index is 1140. The van der Waals surface area contributed by atoms with Gasteiger partial charge in [0.1, 0.15) is 23.1 Å². The number of methoxy groups -OCH3 is 2. The zero-order valence-corrected chi connectivity index (χ0v) is 17.3. The molecule has 0 aliphatic heterocycles. The van der Waals surface area contributed by atoms with Crippen molar-refractivity contribution in [3.05, 3.63) is 89.5 Å². The van der Waals surface area contributed by atoms with E-state index in [1.54, 1.807) is 30.3 Å². The molecule has 8 heteroatoms. The van der Waals surface area contributed by atoms with Gasteiger partial charge < -0.3 is 20.1 Å². The second-order valence-electron chi connectivity index (χ2n) is 6.53. The molecule has 3 aromatic carbocycles. The maximum absolute atomic E-state index is 13.7. The molecule has 0 spiro atoms. The predicted octanol–water partition coefficient (Wildman–Crippen LogP) is 4.89. The van der Waals surface area contributed by atoms with E-state index >= 15 is 0 Å². The van der Waals surface area contributed by atoms with Gasteiger partial charge in [0, 0.05) is 29.3 Å². The van der Waals surface area contributed by atoms with Gasteiger partial charge in [-0.25, -0.2) is 8.78 Å². The molecule has 3 aromatic rings. The number of ether oxygens (including phenoxy) is 2. The molecule has 0 aromatic heterocycles. The molecule has 0 bridgehead atoms. The molecule has 0 aliphatic carbocycles. The van der Waals surface area contributed by atoms with Crippen LogP contribution in [0.4, 0.5) is 20.2 Å². The number of hydrogen-bond donors (Lipinski definition) is 2. The Kier molecular flexibility index (Phi) is 7.17. The van der Waals surface area contributed by atoms with E-state index in [0.717, 1.165) is 24.3 Å². The van der Waals surface area contributed by atoms with Crippen LogP contribution in [0.25, 0.3) is 6.08 Å². The molecule has 0 saturated carbocycles. The smallest absolute Gasteiger partial charge is 0.255 e. The topological polar surface area (TPSA) is 76.7 Å². The third kappa shape index (κ3) is 5.28. The van der Waals surface area contributed by atoms with Crippen LogP contribution in [0.3, 0.4) is 0 Å². The summed E-state index contributed by atoms with van der Waals surface area (Å²) in [4.78, 5) is 24.8. The third-order valence-electron chi connectivity index (χ3n) is 4.46. The fraction of sp³-hybridized carbons (Fsp3) is 0.0833. The van der Waals surface area contributed by atoms with Gasteiger partial charge in [-0.2, -0.15) is 0 Å². The van der Waals surface area contributed by atoms with Crippen molar-refractivity contribution in [3.8, 4) is 11.5 Å². The van der Waals surface area contributed by atoms with Crippen LogP contribution in [0.15, 0.2) is 66.7 Å². The fourth-order valence-corrected chi connectivity index (χ4v) is 2.88. The van der Waals surface area contributed by atoms with Gasteiger partial charge in [0.05, 0.1) is 25.6 Å². The lowest BCUT2D eigenvalue weighted by atomic mass is 10.1. The zero-order valence-electron chi connectivity index (χ0n) is 17.3. The normalized spacial score (nSPS) is 10.6. The molecule has 2 amide bonds. The van der Waals surface area contributed by atoms with Crippen molar-refractivity contribution in [3.63, 3.8) is 0 Å². The molecular weight excluding hydrogens is 418 g/mol. The van der Waals surface area contributed by atoms with Crippen LogP contribution < -0.4 is 20.1 Å². The number of carbonyl (C=O) groups is 2. The Morgan fingerprint density at radius 3 is 1.94 bits per heavy atom. The summed E-state index contributed by atoms with van der Waals surface area (Å²) in [5.74, 6) is -2.05. The maximum atomic E-state index is 13.7. The number of rotatable bonds is 7. The molecule has 0 fully saturated rings. The standard InChI is InChI=1S/C24H20F2N2O4/c1-31-21-14-20(28-24(30)15-7-4-3-5-8-15)22(32-2)13-19(21)27-23(29)12-11-16-17(25)9-6-10-18(16)26/h3-14H,1-2H3,(H,27,29)(H,28,30)/b12-11+. The van der Waals surface area contributed by atoms with E-state index in [-0.39, 0.29) is 28.7 Å². The van der Waals surface area contributed by atoms with Gasteiger partial charge in [0.15, 0.2) is 0 Å². The highest BCUT2D eigenvalue weighted by Gasteiger charge is 2.16. The summed E-state index contributed by atoms with van der Waals surface area (Å²) in [6.07, 6.45) is 2.04. The number of nitrogens with one attached hydrogen (secondary N) is 2. The van der Waals surface area contributed by atoms with Crippen LogP contribution in [-0.2, 0) is 4.79 Å². The Morgan fingerprint density at radius 1 is 0.812 bits per heavy atom. The molecule has 0 heterocycles. The molecule has 164 valence electrons. The molecular formula is C24H20F2N2O4. The second-order valence-corrected chi connectivity index (χ2v) is 6.53. The molecule has 0 aliphatic rings. The van der Waals surface area contributed by atoms with Crippen molar-refractivity contribution in [2.24, 2.45) is 0 Å². The second kappa shape index (κ2) is 10.2. The molecule has 6 nitrogen and oxygen atoms in total. The summed E-state index contributed by atoms with van der Waals surface area (Å²) in [7, 11) is 2.80. The summed E-state index contributed by atoms with van der Waals surface area (Å²) in [5.41, 5.74) is 0.702. The Morgan fingerprint density at radius 2 is 1.38 bits per heavy atom. The summed E-state index contributed by atoms with van der Waals surface area (Å²) >= 11 is 0. The lowest BCUT2D eigenvalue weighted by Gasteiger charge is -2.16. The van der Waals surface area contributed by atoms with Crippen molar-refractivity contribution in [1.29, 1.82) is 0 Å². The van der Waals surface area contributed by atoms with Crippen molar-refractivity contribution in [1.82, 2.24) is 0 Å². The van der Waals surface area contributed by atoms with Crippen LogP contribution in [0.1, 0.15) is 15.9 Å². The average molecular weight is 438 g/mol. The van der Waals surface area contributed by atoms with Crippen molar-refractivity contribution in [2.45, 2.75) is 0 Å². The number of amides is 2. The Balaban J connectivity index is 1.82. The van der Waals surface area contributed by atoms with Gasteiger partial charge in [-0.05, 0) is 30.3 Å². The number of anilines is 2. The van der Waals surface area contributed by atoms with Gasteiger partial charge in [0.2, 0.25) is 5.91 Å².